The molecule has 0 aliphatic rings. The quantitative estimate of drug-likeness (QED) is 0.841. The second-order valence-electron chi connectivity index (χ2n) is 5.77. The number of carbonyl (C=O) groups is 2. The van der Waals surface area contributed by atoms with Gasteiger partial charge in [0.15, 0.2) is 6.61 Å². The molecule has 6 nitrogen and oxygen atoms in total. The van der Waals surface area contributed by atoms with Crippen LogP contribution in [-0.2, 0) is 4.79 Å². The smallest absolute Gasteiger partial charge is 0.270 e. The molecule has 2 amide bonds. The van der Waals surface area contributed by atoms with E-state index in [4.69, 9.17) is 4.74 Å². The molecule has 0 unspecified atom stereocenters. The zero-order valence-corrected chi connectivity index (χ0v) is 15.2. The van der Waals surface area contributed by atoms with Gasteiger partial charge in [0.2, 0.25) is 0 Å². The molecular formula is C19H25N3O3. The highest BCUT2D eigenvalue weighted by molar-refractivity contribution is 6.00. The first-order valence-corrected chi connectivity index (χ1v) is 8.43. The number of amides is 2. The van der Waals surface area contributed by atoms with Crippen molar-refractivity contribution in [1.82, 2.24) is 9.58 Å². The maximum absolute atomic E-state index is 12.3. The van der Waals surface area contributed by atoms with Gasteiger partial charge >= 0.3 is 0 Å². The molecule has 1 aromatic carbocycles. The summed E-state index contributed by atoms with van der Waals surface area (Å²) in [6.07, 6.45) is 0. The molecule has 1 N–H and O–H groups in total. The third kappa shape index (κ3) is 4.62. The minimum atomic E-state index is -0.201. The van der Waals surface area contributed by atoms with Crippen molar-refractivity contribution in [3.05, 3.63) is 53.3 Å². The number of aryl methyl sites for hydroxylation is 2. The average molecular weight is 343 g/mol. The monoisotopic (exact) mass is 343 g/mol. The molecule has 1 heterocycles. The average Bonchev–Trinajstić information content (AvgIpc) is 2.93. The van der Waals surface area contributed by atoms with E-state index >= 15 is 0 Å². The summed E-state index contributed by atoms with van der Waals surface area (Å²) in [7, 11) is 0. The van der Waals surface area contributed by atoms with Crippen LogP contribution < -0.4 is 10.2 Å². The second kappa shape index (κ2) is 8.37. The van der Waals surface area contributed by atoms with E-state index in [1.54, 1.807) is 33.8 Å². The topological polar surface area (TPSA) is 63.6 Å². The third-order valence-corrected chi connectivity index (χ3v) is 4.08. The Bertz CT molecular complexity index is 711. The van der Waals surface area contributed by atoms with Gasteiger partial charge in [-0.3, -0.25) is 19.7 Å². The van der Waals surface area contributed by atoms with Gasteiger partial charge in [0.25, 0.3) is 11.8 Å². The van der Waals surface area contributed by atoms with Gasteiger partial charge in [0.05, 0.1) is 0 Å². The molecule has 134 valence electrons. The van der Waals surface area contributed by atoms with Crippen molar-refractivity contribution in [1.29, 1.82) is 0 Å². The first kappa shape index (κ1) is 18.6. The van der Waals surface area contributed by atoms with E-state index in [0.29, 0.717) is 24.4 Å². The maximum atomic E-state index is 12.3. The number of hydrogen-bond acceptors (Lipinski definition) is 3. The largest absolute Gasteiger partial charge is 0.484 e. The van der Waals surface area contributed by atoms with E-state index in [-0.39, 0.29) is 18.4 Å². The SMILES string of the molecule is CCN(CC)C(=O)COc1ccc(C(=O)Nn2c(C)ccc2C)cc1. The minimum absolute atomic E-state index is 0.00498. The van der Waals surface area contributed by atoms with Gasteiger partial charge in [-0.15, -0.1) is 0 Å². The lowest BCUT2D eigenvalue weighted by Crippen LogP contribution is -2.34. The molecule has 1 aromatic heterocycles. The van der Waals surface area contributed by atoms with Crippen molar-refractivity contribution < 1.29 is 14.3 Å². The van der Waals surface area contributed by atoms with Crippen LogP contribution in [0.5, 0.6) is 5.75 Å². The van der Waals surface area contributed by atoms with Gasteiger partial charge < -0.3 is 9.64 Å². The Balaban J connectivity index is 1.95. The third-order valence-electron chi connectivity index (χ3n) is 4.08. The number of benzene rings is 1. The van der Waals surface area contributed by atoms with E-state index in [1.807, 2.05) is 39.8 Å². The first-order chi connectivity index (χ1) is 12.0. The summed E-state index contributed by atoms with van der Waals surface area (Å²) >= 11 is 0. The molecule has 2 aromatic rings. The molecule has 25 heavy (non-hydrogen) atoms. The number of ether oxygens (including phenoxy) is 1. The standard InChI is InChI=1S/C19H25N3O3/c1-5-21(6-2)18(23)13-25-17-11-9-16(10-12-17)19(24)20-22-14(3)7-8-15(22)4/h7-12H,5-6,13H2,1-4H3,(H,20,24). The van der Waals surface area contributed by atoms with E-state index in [0.717, 1.165) is 11.4 Å². The summed E-state index contributed by atoms with van der Waals surface area (Å²) in [4.78, 5) is 26.0. The van der Waals surface area contributed by atoms with E-state index in [2.05, 4.69) is 5.43 Å². The number of carbonyl (C=O) groups excluding carboxylic acids is 2. The fourth-order valence-corrected chi connectivity index (χ4v) is 2.53. The highest BCUT2D eigenvalue weighted by atomic mass is 16.5. The van der Waals surface area contributed by atoms with E-state index in [1.165, 1.54) is 0 Å². The molecule has 0 bridgehead atoms. The molecule has 0 atom stereocenters. The van der Waals surface area contributed by atoms with Crippen molar-refractivity contribution in [2.75, 3.05) is 25.1 Å². The molecule has 2 rings (SSSR count). The van der Waals surface area contributed by atoms with Crippen LogP contribution in [0, 0.1) is 13.8 Å². The zero-order chi connectivity index (χ0) is 18.4. The molecule has 0 aliphatic heterocycles. The predicted octanol–water partition coefficient (Wildman–Crippen LogP) is 2.74. The van der Waals surface area contributed by atoms with Crippen LogP contribution in [0.1, 0.15) is 35.6 Å². The summed E-state index contributed by atoms with van der Waals surface area (Å²) in [5, 5.41) is 0. The molecule has 0 radical (unpaired) electrons. The molecule has 0 saturated heterocycles. The zero-order valence-electron chi connectivity index (χ0n) is 15.2. The second-order valence-corrected chi connectivity index (χ2v) is 5.77. The lowest BCUT2D eigenvalue weighted by molar-refractivity contribution is -0.132. The number of aromatic nitrogens is 1. The van der Waals surface area contributed by atoms with Crippen molar-refractivity contribution in [3.63, 3.8) is 0 Å². The lowest BCUT2D eigenvalue weighted by Gasteiger charge is -2.18. The van der Waals surface area contributed by atoms with Crippen molar-refractivity contribution >= 4 is 11.8 Å². The Morgan fingerprint density at radius 1 is 1.00 bits per heavy atom. The predicted molar refractivity (Wildman–Crippen MR) is 97.5 cm³/mol. The van der Waals surface area contributed by atoms with Crippen LogP contribution in [0.4, 0.5) is 0 Å². The normalized spacial score (nSPS) is 10.4. The summed E-state index contributed by atoms with van der Waals surface area (Å²) in [5.41, 5.74) is 5.29. The first-order valence-electron chi connectivity index (χ1n) is 8.43. The van der Waals surface area contributed by atoms with Crippen LogP contribution in [0.15, 0.2) is 36.4 Å². The van der Waals surface area contributed by atoms with Crippen LogP contribution in [0.2, 0.25) is 0 Å². The highest BCUT2D eigenvalue weighted by Gasteiger charge is 2.11. The van der Waals surface area contributed by atoms with Crippen LogP contribution in [0.25, 0.3) is 0 Å². The molecule has 0 spiro atoms. The Morgan fingerprint density at radius 2 is 1.56 bits per heavy atom. The minimum Gasteiger partial charge on any atom is -0.484 e. The van der Waals surface area contributed by atoms with E-state index in [9.17, 15) is 9.59 Å². The number of likely N-dealkylation sites (N-methyl/N-ethyl adjacent to an activating group) is 1. The fraction of sp³-hybridized carbons (Fsp3) is 0.368. The maximum Gasteiger partial charge on any atom is 0.270 e. The van der Waals surface area contributed by atoms with Crippen molar-refractivity contribution in [2.45, 2.75) is 27.7 Å². The van der Waals surface area contributed by atoms with E-state index < -0.39 is 0 Å². The summed E-state index contributed by atoms with van der Waals surface area (Å²) in [5.74, 6) is 0.309. The fourth-order valence-electron chi connectivity index (χ4n) is 2.53. The summed E-state index contributed by atoms with van der Waals surface area (Å²) in [6.45, 7) is 9.04. The van der Waals surface area contributed by atoms with Gasteiger partial charge in [0, 0.05) is 30.0 Å². The van der Waals surface area contributed by atoms with Crippen molar-refractivity contribution in [3.8, 4) is 5.75 Å². The Labute approximate surface area is 148 Å². The van der Waals surface area contributed by atoms with Crippen LogP contribution >= 0.6 is 0 Å². The Kier molecular flexibility index (Phi) is 6.22. The summed E-state index contributed by atoms with van der Waals surface area (Å²) < 4.78 is 7.25. The summed E-state index contributed by atoms with van der Waals surface area (Å²) in [6, 6.07) is 10.6. The molecule has 6 heteroatoms. The van der Waals surface area contributed by atoms with Gasteiger partial charge in [-0.2, -0.15) is 0 Å². The molecule has 0 aliphatic carbocycles. The van der Waals surface area contributed by atoms with Gasteiger partial charge in [-0.1, -0.05) is 0 Å². The Hall–Kier alpha value is -2.76. The number of nitrogens with zero attached hydrogens (tertiary/aromatic N) is 2. The lowest BCUT2D eigenvalue weighted by atomic mass is 10.2. The van der Waals surface area contributed by atoms with Crippen LogP contribution in [-0.4, -0.2) is 41.1 Å². The van der Waals surface area contributed by atoms with Crippen molar-refractivity contribution in [2.24, 2.45) is 0 Å². The number of nitrogens with one attached hydrogen (secondary N) is 1. The van der Waals surface area contributed by atoms with Gasteiger partial charge in [0.1, 0.15) is 5.75 Å². The molecule has 0 fully saturated rings. The van der Waals surface area contributed by atoms with Gasteiger partial charge in [-0.05, 0) is 64.1 Å². The molecular weight excluding hydrogens is 318 g/mol. The van der Waals surface area contributed by atoms with Crippen LogP contribution in [0.3, 0.4) is 0 Å². The molecule has 0 saturated carbocycles. The number of hydrogen-bond donors (Lipinski definition) is 1. The highest BCUT2D eigenvalue weighted by Crippen LogP contribution is 2.13. The number of rotatable bonds is 7. The van der Waals surface area contributed by atoms with Gasteiger partial charge in [-0.25, -0.2) is 0 Å². The Morgan fingerprint density at radius 3 is 2.08 bits per heavy atom.